The van der Waals surface area contributed by atoms with E-state index >= 15 is 0 Å². The molecule has 2 aromatic heterocycles. The summed E-state index contributed by atoms with van der Waals surface area (Å²) in [6.45, 7) is 4.29. The molecule has 5 rings (SSSR count). The molecule has 0 saturated heterocycles. The normalized spacial score (nSPS) is 12.9. The van der Waals surface area contributed by atoms with Gasteiger partial charge in [0, 0.05) is 40.5 Å². The fourth-order valence-corrected chi connectivity index (χ4v) is 5.94. The van der Waals surface area contributed by atoms with E-state index in [0.717, 1.165) is 38.7 Å². The molecule has 0 aliphatic heterocycles. The number of nitrogens with zero attached hydrogens (tertiary/aromatic N) is 2. The number of hydrogen-bond donors (Lipinski definition) is 2. The Bertz CT molecular complexity index is 1780. The zero-order valence-corrected chi connectivity index (χ0v) is 26.7. The van der Waals surface area contributed by atoms with Gasteiger partial charge in [-0.15, -0.1) is 0 Å². The predicted molar refractivity (Wildman–Crippen MR) is 160 cm³/mol. The van der Waals surface area contributed by atoms with Crippen molar-refractivity contribution < 1.29 is 54.1 Å². The Morgan fingerprint density at radius 3 is 2.23 bits per heavy atom. The number of fused-ring (bicyclic) bond motifs is 3. The molecule has 218 valence electrons. The summed E-state index contributed by atoms with van der Waals surface area (Å²) in [4.78, 5) is 25.3. The minimum absolute atomic E-state index is 0. The molecule has 2 N–H and O–H groups in total. The summed E-state index contributed by atoms with van der Waals surface area (Å²) in [5, 5.41) is 33.4. The first-order chi connectivity index (χ1) is 20.2. The average molecular weight is 593 g/mol. The van der Waals surface area contributed by atoms with E-state index in [4.69, 9.17) is 0 Å². The maximum Gasteiger partial charge on any atom is 1.00 e. The maximum absolute atomic E-state index is 14.4. The van der Waals surface area contributed by atoms with Gasteiger partial charge in [0.2, 0.25) is 0 Å². The number of para-hydroxylation sites is 1. The van der Waals surface area contributed by atoms with Gasteiger partial charge in [-0.2, -0.15) is 0 Å². The molecule has 9 heteroatoms. The first-order valence-electron chi connectivity index (χ1n) is 14.2. The number of aromatic nitrogens is 2. The monoisotopic (exact) mass is 592 g/mol. The van der Waals surface area contributed by atoms with Crippen molar-refractivity contribution in [3.05, 3.63) is 106 Å². The molecule has 2 atom stereocenters. The van der Waals surface area contributed by atoms with Gasteiger partial charge in [0.25, 0.3) is 5.56 Å². The van der Waals surface area contributed by atoms with Gasteiger partial charge in [-0.3, -0.25) is 4.79 Å². The number of benzene rings is 3. The third-order valence-electron chi connectivity index (χ3n) is 7.71. The minimum Gasteiger partial charge on any atom is -0.550 e. The third kappa shape index (κ3) is 6.95. The van der Waals surface area contributed by atoms with Crippen molar-refractivity contribution in [3.63, 3.8) is 0 Å². The largest absolute Gasteiger partial charge is 1.00 e. The smallest absolute Gasteiger partial charge is 0.550 e. The molecule has 0 saturated carbocycles. The molecule has 3 aromatic carbocycles. The van der Waals surface area contributed by atoms with Crippen LogP contribution in [0.15, 0.2) is 83.7 Å². The van der Waals surface area contributed by atoms with E-state index in [1.54, 1.807) is 16.7 Å². The molecule has 0 spiro atoms. The number of rotatable bonds is 11. The number of carboxylic acids is 1. The molecule has 2 heterocycles. The second kappa shape index (κ2) is 14.0. The van der Waals surface area contributed by atoms with Crippen LogP contribution in [0.3, 0.4) is 0 Å². The predicted octanol–water partition coefficient (Wildman–Crippen LogP) is 1.58. The number of aliphatic hydroxyl groups excluding tert-OH is 2. The van der Waals surface area contributed by atoms with E-state index in [-0.39, 0.29) is 66.4 Å². The molecular formula is C34H34FN2NaO5. The number of halogens is 1. The summed E-state index contributed by atoms with van der Waals surface area (Å²) in [6.07, 6.45) is -2.15. The van der Waals surface area contributed by atoms with Crippen LogP contribution in [0.4, 0.5) is 4.39 Å². The van der Waals surface area contributed by atoms with Gasteiger partial charge in [0.15, 0.2) is 0 Å². The SMILES string of the molecule is CC(C)n1c(CC[C@@H](O)C[C@@H](O)CC(=O)[O-])c(-c2ccccc2)c2c3ccccc3n(Cc3ccc(F)cc3)c(=O)c21.[Na+]. The van der Waals surface area contributed by atoms with E-state index < -0.39 is 24.6 Å². The number of hydrogen-bond acceptors (Lipinski definition) is 5. The maximum atomic E-state index is 14.4. The molecule has 43 heavy (non-hydrogen) atoms. The molecule has 5 aromatic rings. The summed E-state index contributed by atoms with van der Waals surface area (Å²) < 4.78 is 17.4. The van der Waals surface area contributed by atoms with Crippen LogP contribution >= 0.6 is 0 Å². The molecule has 0 aliphatic carbocycles. The van der Waals surface area contributed by atoms with Crippen LogP contribution in [0.5, 0.6) is 0 Å². The number of aliphatic carboxylic acids is 1. The van der Waals surface area contributed by atoms with Gasteiger partial charge in [-0.25, -0.2) is 4.39 Å². The topological polar surface area (TPSA) is 108 Å². The van der Waals surface area contributed by atoms with E-state index in [0.29, 0.717) is 11.9 Å². The van der Waals surface area contributed by atoms with Crippen LogP contribution in [-0.2, 0) is 17.8 Å². The second-order valence-electron chi connectivity index (χ2n) is 11.1. The van der Waals surface area contributed by atoms with E-state index in [1.807, 2.05) is 73.0 Å². The number of carbonyl (C=O) groups is 1. The van der Waals surface area contributed by atoms with Crippen molar-refractivity contribution in [1.82, 2.24) is 9.13 Å². The fourth-order valence-electron chi connectivity index (χ4n) is 5.94. The molecule has 0 unspecified atom stereocenters. The van der Waals surface area contributed by atoms with Crippen molar-refractivity contribution >= 4 is 27.8 Å². The molecule has 0 fully saturated rings. The van der Waals surface area contributed by atoms with Crippen molar-refractivity contribution in [1.29, 1.82) is 0 Å². The average Bonchev–Trinajstić information content (AvgIpc) is 3.31. The Morgan fingerprint density at radius 1 is 0.930 bits per heavy atom. The summed E-state index contributed by atoms with van der Waals surface area (Å²) in [5.41, 5.74) is 4.65. The zero-order valence-electron chi connectivity index (χ0n) is 24.7. The molecule has 0 radical (unpaired) electrons. The quantitative estimate of drug-likeness (QED) is 0.227. The first-order valence-corrected chi connectivity index (χ1v) is 14.2. The molecule has 0 aliphatic rings. The van der Waals surface area contributed by atoms with Crippen molar-refractivity contribution in [2.24, 2.45) is 0 Å². The first kappa shape index (κ1) is 32.6. The van der Waals surface area contributed by atoms with Crippen LogP contribution in [0, 0.1) is 5.82 Å². The summed E-state index contributed by atoms with van der Waals surface area (Å²) in [6, 6.07) is 23.6. The number of pyridine rings is 1. The second-order valence-corrected chi connectivity index (χ2v) is 11.1. The Balaban J connectivity index is 0.00000423. The van der Waals surface area contributed by atoms with Crippen LogP contribution in [0.25, 0.3) is 32.9 Å². The van der Waals surface area contributed by atoms with Crippen LogP contribution in [0.1, 0.15) is 50.4 Å². The summed E-state index contributed by atoms with van der Waals surface area (Å²) in [5.74, 6) is -1.71. The minimum atomic E-state index is -1.37. The van der Waals surface area contributed by atoms with Crippen molar-refractivity contribution in [2.45, 2.75) is 64.3 Å². The third-order valence-corrected chi connectivity index (χ3v) is 7.71. The molecular weight excluding hydrogens is 558 g/mol. The van der Waals surface area contributed by atoms with Gasteiger partial charge >= 0.3 is 29.6 Å². The Morgan fingerprint density at radius 2 is 1.58 bits per heavy atom. The Kier molecular flexibility index (Phi) is 10.6. The zero-order chi connectivity index (χ0) is 30.0. The summed E-state index contributed by atoms with van der Waals surface area (Å²) >= 11 is 0. The van der Waals surface area contributed by atoms with E-state index in [1.165, 1.54) is 12.1 Å². The van der Waals surface area contributed by atoms with Gasteiger partial charge in [-0.05, 0) is 62.4 Å². The van der Waals surface area contributed by atoms with Gasteiger partial charge in [-0.1, -0.05) is 60.7 Å². The van der Waals surface area contributed by atoms with Crippen LogP contribution < -0.4 is 40.2 Å². The Labute approximate surface area is 271 Å². The fraction of sp³-hybridized carbons (Fsp3) is 0.294. The molecule has 7 nitrogen and oxygen atoms in total. The molecule has 0 amide bonds. The standard InChI is InChI=1S/C34H35FN2O5.Na/c1-21(2)37-29(17-16-25(38)18-26(39)19-30(40)41)31(23-8-4-3-5-9-23)32-27-10-6-7-11-28(27)36(34(42)33(32)37)20-22-12-14-24(35)15-13-22;/h3-15,21,25-26,38-39H,16-20H2,1-2H3,(H,40,41);/q;+1/p-1/t25-,26-;/m1./s1. The van der Waals surface area contributed by atoms with E-state index in [9.17, 15) is 29.3 Å². The van der Waals surface area contributed by atoms with E-state index in [2.05, 4.69) is 0 Å². The van der Waals surface area contributed by atoms with Crippen LogP contribution in [0.2, 0.25) is 0 Å². The van der Waals surface area contributed by atoms with Gasteiger partial charge < -0.3 is 29.2 Å². The molecule has 0 bridgehead atoms. The number of aliphatic hydroxyl groups is 2. The van der Waals surface area contributed by atoms with Gasteiger partial charge in [0.05, 0.1) is 24.3 Å². The van der Waals surface area contributed by atoms with Crippen LogP contribution in [-0.4, -0.2) is 37.5 Å². The van der Waals surface area contributed by atoms with Crippen molar-refractivity contribution in [3.8, 4) is 11.1 Å². The summed E-state index contributed by atoms with van der Waals surface area (Å²) in [7, 11) is 0. The number of carbonyl (C=O) groups excluding carboxylic acids is 1. The number of carboxylic acid groups (broad SMARTS) is 1. The van der Waals surface area contributed by atoms with Crippen molar-refractivity contribution in [2.75, 3.05) is 0 Å². The van der Waals surface area contributed by atoms with Gasteiger partial charge in [0.1, 0.15) is 11.3 Å². The Hall–Kier alpha value is -3.27.